The number of benzene rings is 2. The molecule has 4 rings (SSSR count). The Morgan fingerprint density at radius 1 is 0.884 bits per heavy atom. The Labute approximate surface area is 267 Å². The van der Waals surface area contributed by atoms with Crippen molar-refractivity contribution >= 4 is 75.6 Å². The van der Waals surface area contributed by atoms with Crippen molar-refractivity contribution < 1.29 is 19.2 Å². The van der Waals surface area contributed by atoms with Gasteiger partial charge in [0.2, 0.25) is 11.8 Å². The lowest BCUT2D eigenvalue weighted by molar-refractivity contribution is -0.122. The molecule has 2 aromatic carbocycles. The molecule has 2 aromatic rings. The molecular formula is C32H37Cl3N4O4. The first-order valence-electron chi connectivity index (χ1n) is 15.0. The number of imide groups is 1. The van der Waals surface area contributed by atoms with E-state index in [2.05, 4.69) is 17.3 Å². The van der Waals surface area contributed by atoms with E-state index < -0.39 is 11.8 Å². The fourth-order valence-corrected chi connectivity index (χ4v) is 6.45. The molecule has 11 heteroatoms. The predicted octanol–water partition coefficient (Wildman–Crippen LogP) is 8.32. The van der Waals surface area contributed by atoms with E-state index in [1.165, 1.54) is 68.0 Å². The van der Waals surface area contributed by atoms with Gasteiger partial charge in [0, 0.05) is 22.9 Å². The van der Waals surface area contributed by atoms with E-state index >= 15 is 0 Å². The van der Waals surface area contributed by atoms with Gasteiger partial charge in [0.25, 0.3) is 11.8 Å². The smallest absolute Gasteiger partial charge is 0.256 e. The van der Waals surface area contributed by atoms with E-state index in [0.717, 1.165) is 24.3 Å². The summed E-state index contributed by atoms with van der Waals surface area (Å²) in [6.07, 6.45) is 12.8. The van der Waals surface area contributed by atoms with Crippen molar-refractivity contribution in [2.75, 3.05) is 9.91 Å². The quantitative estimate of drug-likeness (QED) is 0.165. The number of rotatable bonds is 14. The third-order valence-electron chi connectivity index (χ3n) is 7.74. The highest BCUT2D eigenvalue weighted by molar-refractivity contribution is 6.42. The van der Waals surface area contributed by atoms with Gasteiger partial charge in [-0.1, -0.05) is 112 Å². The minimum atomic E-state index is -0.537. The molecular weight excluding hydrogens is 611 g/mol. The van der Waals surface area contributed by atoms with Crippen molar-refractivity contribution in [2.45, 2.75) is 90.4 Å². The highest BCUT2D eigenvalue weighted by Gasteiger charge is 2.39. The summed E-state index contributed by atoms with van der Waals surface area (Å²) < 4.78 is 0. The standard InChI is InChI=1S/C32H37Cl3N4O4/c1-2-3-4-5-6-7-8-9-10-11-13-22-17-28(40)38(32(22)43)24-15-12-14-21(16-24)31(42)36-27-20-29(41)39(37-27)30-25(34)18-23(33)19-26(30)35/h12,14-16,18-19,22H,2-11,13,17,20H2,1H3,(H,36,37,42). The number of carbonyl (C=O) groups is 4. The van der Waals surface area contributed by atoms with Crippen molar-refractivity contribution in [1.29, 1.82) is 0 Å². The molecule has 230 valence electrons. The number of carbonyl (C=O) groups excluding carboxylic acids is 4. The van der Waals surface area contributed by atoms with Crippen molar-refractivity contribution in [3.8, 4) is 0 Å². The van der Waals surface area contributed by atoms with Crippen molar-refractivity contribution in [3.63, 3.8) is 0 Å². The second kappa shape index (κ2) is 15.7. The lowest BCUT2D eigenvalue weighted by atomic mass is 9.98. The second-order valence-corrected chi connectivity index (χ2v) is 12.3. The van der Waals surface area contributed by atoms with E-state index in [1.807, 2.05) is 0 Å². The number of nitrogens with one attached hydrogen (secondary N) is 1. The molecule has 0 spiro atoms. The van der Waals surface area contributed by atoms with Crippen LogP contribution in [0.2, 0.25) is 15.1 Å². The minimum Gasteiger partial charge on any atom is -0.308 e. The van der Waals surface area contributed by atoms with Crippen molar-refractivity contribution in [1.82, 2.24) is 5.32 Å². The summed E-state index contributed by atoms with van der Waals surface area (Å²) in [5, 5.41) is 8.45. The summed E-state index contributed by atoms with van der Waals surface area (Å²) in [7, 11) is 0. The lowest BCUT2D eigenvalue weighted by Crippen LogP contribution is -2.32. The van der Waals surface area contributed by atoms with E-state index in [0.29, 0.717) is 17.1 Å². The summed E-state index contributed by atoms with van der Waals surface area (Å²) in [6, 6.07) is 9.19. The van der Waals surface area contributed by atoms with Crippen molar-refractivity contribution in [3.05, 3.63) is 57.0 Å². The van der Waals surface area contributed by atoms with Gasteiger partial charge in [-0.25, -0.2) is 0 Å². The molecule has 2 aliphatic rings. The van der Waals surface area contributed by atoms with Gasteiger partial charge >= 0.3 is 0 Å². The van der Waals surface area contributed by atoms with Gasteiger partial charge < -0.3 is 5.32 Å². The molecule has 0 saturated carbocycles. The fraction of sp³-hybridized carbons (Fsp3) is 0.469. The Kier molecular flexibility index (Phi) is 12.0. The Balaban J connectivity index is 1.31. The maximum absolute atomic E-state index is 13.2. The summed E-state index contributed by atoms with van der Waals surface area (Å²) in [6.45, 7) is 2.22. The molecule has 2 aliphatic heterocycles. The Hall–Kier alpha value is -2.94. The number of amidine groups is 1. The van der Waals surface area contributed by atoms with Crippen molar-refractivity contribution in [2.24, 2.45) is 11.0 Å². The average molecular weight is 648 g/mol. The molecule has 4 amide bonds. The van der Waals surface area contributed by atoms with Gasteiger partial charge in [0.15, 0.2) is 0 Å². The number of halogens is 3. The third-order valence-corrected chi connectivity index (χ3v) is 8.53. The Morgan fingerprint density at radius 3 is 2.16 bits per heavy atom. The maximum atomic E-state index is 13.2. The molecule has 1 atom stereocenters. The molecule has 0 aromatic heterocycles. The van der Waals surface area contributed by atoms with Crippen LogP contribution in [0.5, 0.6) is 0 Å². The number of unbranched alkanes of at least 4 members (excludes halogenated alkanes) is 9. The van der Waals surface area contributed by atoms with Crippen LogP contribution in [-0.2, 0) is 14.4 Å². The van der Waals surface area contributed by atoms with Gasteiger partial charge in [-0.05, 0) is 36.8 Å². The first-order valence-corrected chi connectivity index (χ1v) is 16.2. The molecule has 0 radical (unpaired) electrons. The van der Waals surface area contributed by atoms with Crippen LogP contribution in [0.4, 0.5) is 11.4 Å². The second-order valence-electron chi connectivity index (χ2n) is 11.1. The fourth-order valence-electron chi connectivity index (χ4n) is 5.47. The zero-order valence-electron chi connectivity index (χ0n) is 24.3. The molecule has 0 aliphatic carbocycles. The normalized spacial score (nSPS) is 16.8. The molecule has 2 heterocycles. The predicted molar refractivity (Wildman–Crippen MR) is 172 cm³/mol. The molecule has 43 heavy (non-hydrogen) atoms. The first-order chi connectivity index (χ1) is 20.7. The minimum absolute atomic E-state index is 0.104. The van der Waals surface area contributed by atoms with Gasteiger partial charge in [-0.3, -0.25) is 24.1 Å². The summed E-state index contributed by atoms with van der Waals surface area (Å²) in [5.41, 5.74) is 0.730. The Bertz CT molecular complexity index is 1370. The van der Waals surface area contributed by atoms with Gasteiger partial charge in [-0.2, -0.15) is 10.1 Å². The Morgan fingerprint density at radius 2 is 1.51 bits per heavy atom. The average Bonchev–Trinajstić information content (AvgIpc) is 3.46. The number of nitrogens with zero attached hydrogens (tertiary/aromatic N) is 3. The van der Waals surface area contributed by atoms with Crippen LogP contribution < -0.4 is 15.2 Å². The van der Waals surface area contributed by atoms with E-state index in [1.54, 1.807) is 18.2 Å². The molecule has 1 saturated heterocycles. The first kappa shape index (κ1) is 33.0. The van der Waals surface area contributed by atoms with Crippen LogP contribution in [0, 0.1) is 5.92 Å². The SMILES string of the molecule is CCCCCCCCCCCCC1CC(=O)N(c2cccc(C(=O)NC3=NN(c4c(Cl)cc(Cl)cc4Cl)C(=O)C3)c2)C1=O. The highest BCUT2D eigenvalue weighted by atomic mass is 35.5. The zero-order valence-corrected chi connectivity index (χ0v) is 26.6. The van der Waals surface area contributed by atoms with Crippen LogP contribution in [0.3, 0.4) is 0 Å². The maximum Gasteiger partial charge on any atom is 0.256 e. The van der Waals surface area contributed by atoms with Crippen LogP contribution in [0.15, 0.2) is 41.5 Å². The van der Waals surface area contributed by atoms with Gasteiger partial charge in [0.1, 0.15) is 11.5 Å². The summed E-state index contributed by atoms with van der Waals surface area (Å²) in [5.74, 6) is -1.70. The number of amides is 4. The number of hydrazone groups is 1. The van der Waals surface area contributed by atoms with Gasteiger partial charge in [-0.15, -0.1) is 0 Å². The third kappa shape index (κ3) is 8.58. The number of hydrogen-bond acceptors (Lipinski definition) is 5. The van der Waals surface area contributed by atoms with E-state index in [-0.39, 0.29) is 57.7 Å². The summed E-state index contributed by atoms with van der Waals surface area (Å²) >= 11 is 18.4. The number of hydrogen-bond donors (Lipinski definition) is 1. The topological polar surface area (TPSA) is 99.2 Å². The molecule has 0 bridgehead atoms. The largest absolute Gasteiger partial charge is 0.308 e. The molecule has 1 unspecified atom stereocenters. The van der Waals surface area contributed by atoms with Crippen LogP contribution >= 0.6 is 34.8 Å². The number of anilines is 2. The lowest BCUT2D eigenvalue weighted by Gasteiger charge is -2.16. The summed E-state index contributed by atoms with van der Waals surface area (Å²) in [4.78, 5) is 52.9. The highest BCUT2D eigenvalue weighted by Crippen LogP contribution is 2.38. The van der Waals surface area contributed by atoms with E-state index in [9.17, 15) is 19.2 Å². The molecule has 8 nitrogen and oxygen atoms in total. The molecule has 1 N–H and O–H groups in total. The van der Waals surface area contributed by atoms with E-state index in [4.69, 9.17) is 34.8 Å². The van der Waals surface area contributed by atoms with Crippen LogP contribution in [0.25, 0.3) is 0 Å². The van der Waals surface area contributed by atoms with Crippen LogP contribution in [-0.4, -0.2) is 29.5 Å². The molecule has 1 fully saturated rings. The van der Waals surface area contributed by atoms with Crippen LogP contribution in [0.1, 0.15) is 101 Å². The zero-order chi connectivity index (χ0) is 30.9. The van der Waals surface area contributed by atoms with Gasteiger partial charge in [0.05, 0.1) is 22.2 Å². The monoisotopic (exact) mass is 646 g/mol.